The fourth-order valence-electron chi connectivity index (χ4n) is 2.80. The van der Waals surface area contributed by atoms with Gasteiger partial charge in [0.15, 0.2) is 0 Å². The van der Waals surface area contributed by atoms with Crippen molar-refractivity contribution in [3.8, 4) is 0 Å². The first-order valence-corrected chi connectivity index (χ1v) is 6.93. The largest absolute Gasteiger partial charge is 0.317 e. The predicted molar refractivity (Wildman–Crippen MR) is 75.5 cm³/mol. The molecule has 3 heteroatoms. The van der Waals surface area contributed by atoms with Crippen LogP contribution in [-0.4, -0.2) is 62.7 Å². The van der Waals surface area contributed by atoms with Crippen LogP contribution in [0.4, 0.5) is 0 Å². The van der Waals surface area contributed by atoms with Crippen LogP contribution in [0.15, 0.2) is 0 Å². The lowest BCUT2D eigenvalue weighted by atomic mass is 9.84. The van der Waals surface area contributed by atoms with E-state index in [2.05, 4.69) is 57.0 Å². The number of nitrogens with one attached hydrogen (secondary N) is 1. The molecule has 0 aliphatic carbocycles. The normalized spacial score (nSPS) is 25.2. The Morgan fingerprint density at radius 1 is 1.47 bits per heavy atom. The van der Waals surface area contributed by atoms with E-state index < -0.39 is 0 Å². The standard InChI is InChI=1S/C14H31N3/c1-12(15-4)14(2,3)11-17(6)13-8-7-9-16(5)10-13/h12-13,15H,7-11H2,1-6H3. The first kappa shape index (κ1) is 14.9. The molecular weight excluding hydrogens is 210 g/mol. The minimum atomic E-state index is 0.319. The van der Waals surface area contributed by atoms with Crippen molar-refractivity contribution in [2.45, 2.75) is 45.7 Å². The molecule has 1 N–H and O–H groups in total. The molecule has 1 heterocycles. The highest BCUT2D eigenvalue weighted by Crippen LogP contribution is 2.24. The van der Waals surface area contributed by atoms with Crippen LogP contribution in [0.3, 0.4) is 0 Å². The van der Waals surface area contributed by atoms with Gasteiger partial charge in [-0.15, -0.1) is 0 Å². The minimum Gasteiger partial charge on any atom is -0.317 e. The lowest BCUT2D eigenvalue weighted by Gasteiger charge is -2.41. The second-order valence-electron chi connectivity index (χ2n) is 6.47. The zero-order valence-corrected chi connectivity index (χ0v) is 12.6. The van der Waals surface area contributed by atoms with Gasteiger partial charge in [0.1, 0.15) is 0 Å². The number of hydrogen-bond acceptors (Lipinski definition) is 3. The predicted octanol–water partition coefficient (Wildman–Crippen LogP) is 1.65. The van der Waals surface area contributed by atoms with E-state index >= 15 is 0 Å². The summed E-state index contributed by atoms with van der Waals surface area (Å²) in [5.41, 5.74) is 0.319. The summed E-state index contributed by atoms with van der Waals surface area (Å²) in [4.78, 5) is 5.02. The van der Waals surface area contributed by atoms with Crippen LogP contribution in [0.2, 0.25) is 0 Å². The number of likely N-dealkylation sites (tertiary alicyclic amines) is 1. The van der Waals surface area contributed by atoms with Crippen molar-refractivity contribution in [2.75, 3.05) is 40.8 Å². The van der Waals surface area contributed by atoms with E-state index in [9.17, 15) is 0 Å². The molecule has 0 saturated carbocycles. The molecule has 1 saturated heterocycles. The van der Waals surface area contributed by atoms with Gasteiger partial charge in [-0.1, -0.05) is 13.8 Å². The number of rotatable bonds is 5. The van der Waals surface area contributed by atoms with Crippen LogP contribution in [-0.2, 0) is 0 Å². The molecule has 2 atom stereocenters. The fourth-order valence-corrected chi connectivity index (χ4v) is 2.80. The second kappa shape index (κ2) is 6.17. The average molecular weight is 241 g/mol. The Kier molecular flexibility index (Phi) is 5.42. The van der Waals surface area contributed by atoms with Crippen molar-refractivity contribution < 1.29 is 0 Å². The van der Waals surface area contributed by atoms with Crippen LogP contribution in [0.5, 0.6) is 0 Å². The monoisotopic (exact) mass is 241 g/mol. The van der Waals surface area contributed by atoms with E-state index in [-0.39, 0.29) is 0 Å². The maximum atomic E-state index is 3.39. The molecular formula is C14H31N3. The van der Waals surface area contributed by atoms with E-state index in [1.807, 2.05) is 0 Å². The van der Waals surface area contributed by atoms with Crippen molar-refractivity contribution in [1.82, 2.24) is 15.1 Å². The smallest absolute Gasteiger partial charge is 0.0220 e. The van der Waals surface area contributed by atoms with Gasteiger partial charge in [-0.05, 0) is 52.9 Å². The van der Waals surface area contributed by atoms with Crippen molar-refractivity contribution in [3.63, 3.8) is 0 Å². The van der Waals surface area contributed by atoms with Gasteiger partial charge in [0.25, 0.3) is 0 Å². The molecule has 1 fully saturated rings. The molecule has 1 aliphatic heterocycles. The Morgan fingerprint density at radius 3 is 2.65 bits per heavy atom. The molecule has 2 unspecified atom stereocenters. The number of nitrogens with zero attached hydrogens (tertiary/aromatic N) is 2. The Bertz CT molecular complexity index is 228. The van der Waals surface area contributed by atoms with Crippen molar-refractivity contribution in [3.05, 3.63) is 0 Å². The van der Waals surface area contributed by atoms with E-state index in [4.69, 9.17) is 0 Å². The molecule has 0 amide bonds. The molecule has 1 rings (SSSR count). The SMILES string of the molecule is CNC(C)C(C)(C)CN(C)C1CCCN(C)C1. The molecule has 0 bridgehead atoms. The molecule has 0 radical (unpaired) electrons. The van der Waals surface area contributed by atoms with Crippen LogP contribution in [0.1, 0.15) is 33.6 Å². The molecule has 0 aromatic rings. The van der Waals surface area contributed by atoms with Crippen LogP contribution < -0.4 is 5.32 Å². The molecule has 0 spiro atoms. The number of likely N-dealkylation sites (N-methyl/N-ethyl adjacent to an activating group) is 2. The molecule has 0 aromatic heterocycles. The van der Waals surface area contributed by atoms with Gasteiger partial charge in [-0.2, -0.15) is 0 Å². The lowest BCUT2D eigenvalue weighted by molar-refractivity contribution is 0.0866. The zero-order valence-electron chi connectivity index (χ0n) is 12.6. The summed E-state index contributed by atoms with van der Waals surface area (Å²) in [6.45, 7) is 10.6. The van der Waals surface area contributed by atoms with E-state index in [1.165, 1.54) is 25.9 Å². The molecule has 3 nitrogen and oxygen atoms in total. The van der Waals surface area contributed by atoms with Gasteiger partial charge >= 0.3 is 0 Å². The molecule has 17 heavy (non-hydrogen) atoms. The molecule has 102 valence electrons. The highest BCUT2D eigenvalue weighted by Gasteiger charge is 2.30. The Balaban J connectivity index is 2.50. The van der Waals surface area contributed by atoms with Crippen molar-refractivity contribution in [2.24, 2.45) is 5.41 Å². The summed E-state index contributed by atoms with van der Waals surface area (Å²) in [5.74, 6) is 0. The summed E-state index contributed by atoms with van der Waals surface area (Å²) in [6.07, 6.45) is 2.69. The van der Waals surface area contributed by atoms with Crippen molar-refractivity contribution >= 4 is 0 Å². The minimum absolute atomic E-state index is 0.319. The van der Waals surface area contributed by atoms with Gasteiger partial charge < -0.3 is 15.1 Å². The first-order valence-electron chi connectivity index (χ1n) is 6.93. The van der Waals surface area contributed by atoms with E-state index in [0.29, 0.717) is 11.5 Å². The van der Waals surface area contributed by atoms with E-state index in [0.717, 1.165) is 12.6 Å². The third kappa shape index (κ3) is 4.23. The van der Waals surface area contributed by atoms with Crippen LogP contribution >= 0.6 is 0 Å². The summed E-state index contributed by atoms with van der Waals surface area (Å²) in [7, 11) is 6.58. The van der Waals surface area contributed by atoms with Gasteiger partial charge in [-0.25, -0.2) is 0 Å². The maximum Gasteiger partial charge on any atom is 0.0220 e. The van der Waals surface area contributed by atoms with Crippen LogP contribution in [0, 0.1) is 5.41 Å². The maximum absolute atomic E-state index is 3.39. The topological polar surface area (TPSA) is 18.5 Å². The molecule has 0 aromatic carbocycles. The van der Waals surface area contributed by atoms with Crippen LogP contribution in [0.25, 0.3) is 0 Å². The quantitative estimate of drug-likeness (QED) is 0.789. The summed E-state index contributed by atoms with van der Waals surface area (Å²) in [5, 5.41) is 3.39. The highest BCUT2D eigenvalue weighted by atomic mass is 15.2. The van der Waals surface area contributed by atoms with Gasteiger partial charge in [-0.3, -0.25) is 0 Å². The lowest BCUT2D eigenvalue weighted by Crippen LogP contribution is -2.51. The highest BCUT2D eigenvalue weighted by molar-refractivity contribution is 4.86. The second-order valence-corrected chi connectivity index (χ2v) is 6.47. The molecule has 1 aliphatic rings. The third-order valence-electron chi connectivity index (χ3n) is 4.49. The summed E-state index contributed by atoms with van der Waals surface area (Å²) >= 11 is 0. The third-order valence-corrected chi connectivity index (χ3v) is 4.49. The Labute approximate surface area is 108 Å². The summed E-state index contributed by atoms with van der Waals surface area (Å²) < 4.78 is 0. The van der Waals surface area contributed by atoms with Gasteiger partial charge in [0, 0.05) is 25.2 Å². The first-order chi connectivity index (χ1) is 7.86. The van der Waals surface area contributed by atoms with Gasteiger partial charge in [0.05, 0.1) is 0 Å². The summed E-state index contributed by atoms with van der Waals surface area (Å²) in [6, 6.07) is 1.28. The van der Waals surface area contributed by atoms with Gasteiger partial charge in [0.2, 0.25) is 0 Å². The Morgan fingerprint density at radius 2 is 2.12 bits per heavy atom. The number of hydrogen-bond donors (Lipinski definition) is 1. The van der Waals surface area contributed by atoms with E-state index in [1.54, 1.807) is 0 Å². The number of piperidine rings is 1. The zero-order chi connectivity index (χ0) is 13.1. The average Bonchev–Trinajstić information content (AvgIpc) is 2.27. The van der Waals surface area contributed by atoms with Crippen molar-refractivity contribution in [1.29, 1.82) is 0 Å². The fraction of sp³-hybridized carbons (Fsp3) is 1.00. The Hall–Kier alpha value is -0.120.